The molecule has 1 fully saturated rings. The van der Waals surface area contributed by atoms with Crippen molar-refractivity contribution in [2.75, 3.05) is 34.3 Å². The van der Waals surface area contributed by atoms with Crippen molar-refractivity contribution in [3.05, 3.63) is 63.5 Å². The molecule has 182 valence electrons. The van der Waals surface area contributed by atoms with Crippen LogP contribution in [0.4, 0.5) is 0 Å². The molecule has 3 rings (SSSR count). The highest BCUT2D eigenvalue weighted by Gasteiger charge is 2.46. The van der Waals surface area contributed by atoms with Gasteiger partial charge in [-0.2, -0.15) is 0 Å². The number of aromatic nitrogens is 1. The van der Waals surface area contributed by atoms with Crippen LogP contribution in [0.2, 0.25) is 0 Å². The van der Waals surface area contributed by atoms with Gasteiger partial charge in [-0.1, -0.05) is 38.1 Å². The van der Waals surface area contributed by atoms with Gasteiger partial charge in [-0.3, -0.25) is 9.59 Å². The molecular weight excluding hydrogens is 434 g/mol. The zero-order valence-electron chi connectivity index (χ0n) is 20.9. The monoisotopic (exact) mass is 467 g/mol. The van der Waals surface area contributed by atoms with Crippen molar-refractivity contribution < 1.29 is 24.2 Å². The molecule has 1 atom stereocenters. The van der Waals surface area contributed by atoms with Crippen molar-refractivity contribution in [3.8, 4) is 0 Å². The van der Waals surface area contributed by atoms with Crippen LogP contribution in [-0.2, 0) is 14.3 Å². The van der Waals surface area contributed by atoms with Crippen LogP contribution in [-0.4, -0.2) is 71.8 Å². The molecule has 1 aromatic heterocycles. The van der Waals surface area contributed by atoms with Crippen molar-refractivity contribution in [1.82, 2.24) is 14.8 Å². The minimum absolute atomic E-state index is 0.0164. The van der Waals surface area contributed by atoms with Crippen LogP contribution in [0.1, 0.15) is 64.2 Å². The van der Waals surface area contributed by atoms with Crippen molar-refractivity contribution in [1.29, 1.82) is 0 Å². The van der Waals surface area contributed by atoms with Crippen molar-refractivity contribution in [2.24, 2.45) is 0 Å². The quantitative estimate of drug-likeness (QED) is 0.280. The summed E-state index contributed by atoms with van der Waals surface area (Å²) in [7, 11) is 5.06. The van der Waals surface area contributed by atoms with Gasteiger partial charge >= 0.3 is 5.97 Å². The number of Topliss-reactive ketones (excluding diaryl/α,β-unsaturated/α-hetero) is 1. The maximum atomic E-state index is 13.2. The third-order valence-electron chi connectivity index (χ3n) is 6.31. The van der Waals surface area contributed by atoms with E-state index in [4.69, 9.17) is 4.74 Å². The second kappa shape index (κ2) is 9.85. The Hall–Kier alpha value is -3.39. The third-order valence-corrected chi connectivity index (χ3v) is 6.31. The Balaban J connectivity index is 2.21. The number of benzene rings is 1. The van der Waals surface area contributed by atoms with Crippen molar-refractivity contribution >= 4 is 23.4 Å². The Morgan fingerprint density at radius 2 is 1.79 bits per heavy atom. The molecule has 0 radical (unpaired) electrons. The summed E-state index contributed by atoms with van der Waals surface area (Å²) >= 11 is 0. The minimum Gasteiger partial charge on any atom is -0.507 e. The number of hydrogen-bond acceptors (Lipinski definition) is 6. The van der Waals surface area contributed by atoms with E-state index >= 15 is 0 Å². The molecule has 2 N–H and O–H groups in total. The smallest absolute Gasteiger partial charge is 0.354 e. The Bertz CT molecular complexity index is 1140. The van der Waals surface area contributed by atoms with Gasteiger partial charge in [-0.15, -0.1) is 0 Å². The Kier molecular flexibility index (Phi) is 7.31. The molecule has 0 saturated carbocycles. The molecule has 0 aliphatic carbocycles. The number of H-pyrrole nitrogens is 1. The van der Waals surface area contributed by atoms with Gasteiger partial charge in [-0.25, -0.2) is 4.79 Å². The number of aromatic amines is 1. The summed E-state index contributed by atoms with van der Waals surface area (Å²) in [5, 5.41) is 11.4. The first-order valence-electron chi connectivity index (χ1n) is 11.3. The lowest BCUT2D eigenvalue weighted by atomic mass is 9.92. The van der Waals surface area contributed by atoms with Gasteiger partial charge in [0.1, 0.15) is 11.5 Å². The maximum absolute atomic E-state index is 13.2. The molecular formula is C26H33N3O5. The zero-order valence-corrected chi connectivity index (χ0v) is 20.9. The van der Waals surface area contributed by atoms with E-state index in [9.17, 15) is 19.5 Å². The number of rotatable bonds is 7. The SMILES string of the molecule is COC(=O)c1[nH]c(C)c(C(O)=C2C(=O)C(=O)N(CCN(C)C)[C@H]2c2ccc(C(C)C)cc2)c1C. The highest BCUT2D eigenvalue weighted by atomic mass is 16.5. The Labute approximate surface area is 200 Å². The predicted molar refractivity (Wildman–Crippen MR) is 130 cm³/mol. The number of hydrogen-bond donors (Lipinski definition) is 2. The van der Waals surface area contributed by atoms with Gasteiger partial charge in [0.15, 0.2) is 0 Å². The first-order chi connectivity index (χ1) is 16.0. The van der Waals surface area contributed by atoms with Gasteiger partial charge in [-0.05, 0) is 50.6 Å². The number of esters is 1. The van der Waals surface area contributed by atoms with E-state index in [0.29, 0.717) is 35.8 Å². The summed E-state index contributed by atoms with van der Waals surface area (Å²) in [5.74, 6) is -1.94. The fourth-order valence-corrected chi connectivity index (χ4v) is 4.37. The minimum atomic E-state index is -0.742. The van der Waals surface area contributed by atoms with E-state index in [1.165, 1.54) is 12.0 Å². The molecule has 2 heterocycles. The molecule has 1 amide bonds. The first-order valence-corrected chi connectivity index (χ1v) is 11.3. The highest BCUT2D eigenvalue weighted by Crippen LogP contribution is 2.41. The molecule has 0 spiro atoms. The number of aryl methyl sites for hydroxylation is 1. The normalized spacial score (nSPS) is 17.8. The average molecular weight is 468 g/mol. The van der Waals surface area contributed by atoms with E-state index < -0.39 is 23.7 Å². The molecule has 1 saturated heterocycles. The number of methoxy groups -OCH3 is 1. The van der Waals surface area contributed by atoms with Crippen LogP contribution in [0.3, 0.4) is 0 Å². The van der Waals surface area contributed by atoms with Gasteiger partial charge in [0.2, 0.25) is 0 Å². The van der Waals surface area contributed by atoms with E-state index in [0.717, 1.165) is 11.1 Å². The van der Waals surface area contributed by atoms with Crippen molar-refractivity contribution in [2.45, 2.75) is 39.7 Å². The molecule has 34 heavy (non-hydrogen) atoms. The Morgan fingerprint density at radius 3 is 2.32 bits per heavy atom. The molecule has 8 nitrogen and oxygen atoms in total. The summed E-state index contributed by atoms with van der Waals surface area (Å²) in [6.07, 6.45) is 0. The van der Waals surface area contributed by atoms with E-state index in [2.05, 4.69) is 18.8 Å². The summed E-state index contributed by atoms with van der Waals surface area (Å²) in [6, 6.07) is 7.02. The number of carbonyl (C=O) groups is 3. The maximum Gasteiger partial charge on any atom is 0.354 e. The second-order valence-corrected chi connectivity index (χ2v) is 9.23. The lowest BCUT2D eigenvalue weighted by molar-refractivity contribution is -0.140. The number of carbonyl (C=O) groups excluding carboxylic acids is 3. The van der Waals surface area contributed by atoms with Crippen molar-refractivity contribution in [3.63, 3.8) is 0 Å². The number of ketones is 1. The molecule has 1 aromatic carbocycles. The fraction of sp³-hybridized carbons (Fsp3) is 0.423. The number of ether oxygens (including phenoxy) is 1. The number of aliphatic hydroxyl groups excluding tert-OH is 1. The molecule has 0 unspecified atom stereocenters. The number of nitrogens with zero attached hydrogens (tertiary/aromatic N) is 2. The summed E-state index contributed by atoms with van der Waals surface area (Å²) in [6.45, 7) is 8.43. The van der Waals surface area contributed by atoms with E-state index in [-0.39, 0.29) is 17.0 Å². The van der Waals surface area contributed by atoms with Gasteiger partial charge < -0.3 is 24.6 Å². The Morgan fingerprint density at radius 1 is 1.18 bits per heavy atom. The number of likely N-dealkylation sites (tertiary alicyclic amines) is 1. The van der Waals surface area contributed by atoms with Gasteiger partial charge in [0.05, 0.1) is 18.7 Å². The number of amides is 1. The summed E-state index contributed by atoms with van der Waals surface area (Å²) in [4.78, 5) is 44.8. The summed E-state index contributed by atoms with van der Waals surface area (Å²) in [5.41, 5.74) is 3.37. The fourth-order valence-electron chi connectivity index (χ4n) is 4.37. The standard InChI is InChI=1S/C26H33N3O5/c1-14(2)17-8-10-18(11-9-17)22-20(24(31)25(32)29(22)13-12-28(5)6)23(30)19-15(3)21(26(33)34-7)27-16(19)4/h8-11,14,22,27,30H,12-13H2,1-7H3/t22-/m0/s1. The van der Waals surface area contributed by atoms with E-state index in [1.807, 2.05) is 43.3 Å². The highest BCUT2D eigenvalue weighted by molar-refractivity contribution is 6.46. The molecule has 2 aromatic rings. The van der Waals surface area contributed by atoms with Crippen LogP contribution < -0.4 is 0 Å². The number of aliphatic hydroxyl groups is 1. The zero-order chi connectivity index (χ0) is 25.3. The molecule has 1 aliphatic rings. The lowest BCUT2D eigenvalue weighted by Crippen LogP contribution is -2.35. The second-order valence-electron chi connectivity index (χ2n) is 9.23. The van der Waals surface area contributed by atoms with Crippen LogP contribution in [0.25, 0.3) is 5.76 Å². The van der Waals surface area contributed by atoms with Gasteiger partial charge in [0, 0.05) is 24.3 Å². The number of nitrogens with one attached hydrogen (secondary N) is 1. The third kappa shape index (κ3) is 4.50. The van der Waals surface area contributed by atoms with Crippen LogP contribution in [0, 0.1) is 13.8 Å². The van der Waals surface area contributed by atoms with Crippen LogP contribution in [0.15, 0.2) is 29.8 Å². The molecule has 1 aliphatic heterocycles. The predicted octanol–water partition coefficient (Wildman–Crippen LogP) is 3.52. The lowest BCUT2D eigenvalue weighted by Gasteiger charge is -2.27. The topological polar surface area (TPSA) is 103 Å². The number of likely N-dealkylation sites (N-methyl/N-ethyl adjacent to an activating group) is 1. The molecule has 8 heteroatoms. The van der Waals surface area contributed by atoms with Crippen LogP contribution in [0.5, 0.6) is 0 Å². The van der Waals surface area contributed by atoms with E-state index in [1.54, 1.807) is 13.8 Å². The first kappa shape index (κ1) is 25.2. The van der Waals surface area contributed by atoms with Crippen LogP contribution >= 0.6 is 0 Å². The average Bonchev–Trinajstić information content (AvgIpc) is 3.23. The molecule has 0 bridgehead atoms. The van der Waals surface area contributed by atoms with Gasteiger partial charge in [0.25, 0.3) is 11.7 Å². The largest absolute Gasteiger partial charge is 0.507 e. The summed E-state index contributed by atoms with van der Waals surface area (Å²) < 4.78 is 4.82.